The van der Waals surface area contributed by atoms with Gasteiger partial charge < -0.3 is 10.2 Å². The summed E-state index contributed by atoms with van der Waals surface area (Å²) in [5.41, 5.74) is 2.18. The fourth-order valence-corrected chi connectivity index (χ4v) is 4.54. The third kappa shape index (κ3) is 4.88. The molecule has 8 heteroatoms. The lowest BCUT2D eigenvalue weighted by molar-refractivity contribution is 0.573. The van der Waals surface area contributed by atoms with Crippen molar-refractivity contribution >= 4 is 33.2 Å². The summed E-state index contributed by atoms with van der Waals surface area (Å²) >= 11 is 0. The van der Waals surface area contributed by atoms with E-state index in [1.54, 1.807) is 54.6 Å². The second kappa shape index (κ2) is 8.71. The molecule has 0 atom stereocenters. The number of nitrogens with one attached hydrogen (secondary N) is 2. The van der Waals surface area contributed by atoms with Crippen LogP contribution in [0.3, 0.4) is 0 Å². The van der Waals surface area contributed by atoms with Gasteiger partial charge in [0.2, 0.25) is 5.95 Å². The smallest absolute Gasteiger partial charge is 0.261 e. The van der Waals surface area contributed by atoms with Crippen LogP contribution >= 0.6 is 0 Å². The molecular formula is C22H25N5O2S. The lowest BCUT2D eigenvalue weighted by Crippen LogP contribution is -2.30. The molecule has 1 saturated heterocycles. The molecule has 2 aromatic carbocycles. The van der Waals surface area contributed by atoms with Crippen LogP contribution in [0.5, 0.6) is 0 Å². The highest BCUT2D eigenvalue weighted by atomic mass is 32.2. The molecule has 0 radical (unpaired) electrons. The van der Waals surface area contributed by atoms with Crippen LogP contribution < -0.4 is 14.9 Å². The van der Waals surface area contributed by atoms with Crippen LogP contribution in [0, 0.1) is 6.92 Å². The number of benzene rings is 2. The van der Waals surface area contributed by atoms with Gasteiger partial charge in [0, 0.05) is 36.2 Å². The lowest BCUT2D eigenvalue weighted by atomic mass is 10.1. The Hall–Kier alpha value is -3.13. The van der Waals surface area contributed by atoms with Crippen molar-refractivity contribution in [1.29, 1.82) is 0 Å². The molecule has 30 heavy (non-hydrogen) atoms. The van der Waals surface area contributed by atoms with Crippen LogP contribution in [-0.4, -0.2) is 31.5 Å². The molecule has 0 amide bonds. The van der Waals surface area contributed by atoms with Crippen molar-refractivity contribution < 1.29 is 8.42 Å². The van der Waals surface area contributed by atoms with E-state index in [1.165, 1.54) is 19.3 Å². The number of nitrogens with zero attached hydrogens (tertiary/aromatic N) is 3. The van der Waals surface area contributed by atoms with Crippen molar-refractivity contribution in [1.82, 2.24) is 9.97 Å². The number of aryl methyl sites for hydroxylation is 1. The maximum atomic E-state index is 12.5. The Morgan fingerprint density at radius 2 is 1.53 bits per heavy atom. The molecule has 3 aromatic rings. The second-order valence-corrected chi connectivity index (χ2v) is 9.04. The Morgan fingerprint density at radius 3 is 2.23 bits per heavy atom. The summed E-state index contributed by atoms with van der Waals surface area (Å²) in [4.78, 5) is 11.7. The summed E-state index contributed by atoms with van der Waals surface area (Å²) in [6.07, 6.45) is 3.64. The molecule has 2 heterocycles. The Morgan fingerprint density at radius 1 is 0.867 bits per heavy atom. The highest BCUT2D eigenvalue weighted by Crippen LogP contribution is 2.23. The van der Waals surface area contributed by atoms with E-state index in [9.17, 15) is 8.42 Å². The summed E-state index contributed by atoms with van der Waals surface area (Å²) in [5.74, 6) is 1.48. The largest absolute Gasteiger partial charge is 0.356 e. The number of hydrogen-bond acceptors (Lipinski definition) is 6. The van der Waals surface area contributed by atoms with Crippen LogP contribution in [0.25, 0.3) is 0 Å². The molecular weight excluding hydrogens is 398 g/mol. The molecule has 0 saturated carbocycles. The van der Waals surface area contributed by atoms with Gasteiger partial charge in [-0.25, -0.2) is 13.4 Å². The normalized spacial score (nSPS) is 14.4. The van der Waals surface area contributed by atoms with Crippen molar-refractivity contribution in [3.05, 3.63) is 66.4 Å². The van der Waals surface area contributed by atoms with Crippen LogP contribution in [0.1, 0.15) is 25.0 Å². The van der Waals surface area contributed by atoms with E-state index in [0.29, 0.717) is 11.6 Å². The summed E-state index contributed by atoms with van der Waals surface area (Å²) in [5, 5.41) is 3.22. The Balaban J connectivity index is 1.47. The van der Waals surface area contributed by atoms with E-state index in [1.807, 2.05) is 13.0 Å². The van der Waals surface area contributed by atoms with E-state index < -0.39 is 10.0 Å². The van der Waals surface area contributed by atoms with Gasteiger partial charge in [-0.2, -0.15) is 4.98 Å². The summed E-state index contributed by atoms with van der Waals surface area (Å²) < 4.78 is 27.5. The van der Waals surface area contributed by atoms with Crippen LogP contribution in [-0.2, 0) is 10.0 Å². The predicted molar refractivity (Wildman–Crippen MR) is 120 cm³/mol. The average Bonchev–Trinajstić information content (AvgIpc) is 2.76. The Kier molecular flexibility index (Phi) is 5.85. The lowest BCUT2D eigenvalue weighted by Gasteiger charge is -2.28. The first-order chi connectivity index (χ1) is 14.5. The maximum absolute atomic E-state index is 12.5. The fraction of sp³-hybridized carbons (Fsp3) is 0.273. The quantitative estimate of drug-likeness (QED) is 0.614. The van der Waals surface area contributed by atoms with Gasteiger partial charge in [-0.1, -0.05) is 18.2 Å². The standard InChI is InChI=1S/C22H25N5O2S/c1-17-16-21(27-14-6-3-7-15-27)25-22(23-17)24-18-10-12-19(13-11-18)26-30(28,29)20-8-4-2-5-9-20/h2,4-5,8-13,16,26H,3,6-7,14-15H2,1H3,(H,23,24,25). The minimum Gasteiger partial charge on any atom is -0.356 e. The van der Waals surface area contributed by atoms with E-state index in [2.05, 4.69) is 24.9 Å². The van der Waals surface area contributed by atoms with Gasteiger partial charge in [-0.3, -0.25) is 4.72 Å². The monoisotopic (exact) mass is 423 g/mol. The van der Waals surface area contributed by atoms with Crippen molar-refractivity contribution in [3.8, 4) is 0 Å². The number of sulfonamides is 1. The molecule has 1 aliphatic rings. The van der Waals surface area contributed by atoms with Crippen molar-refractivity contribution in [3.63, 3.8) is 0 Å². The van der Waals surface area contributed by atoms with E-state index >= 15 is 0 Å². The minimum absolute atomic E-state index is 0.227. The molecule has 1 aliphatic heterocycles. The second-order valence-electron chi connectivity index (χ2n) is 7.36. The van der Waals surface area contributed by atoms with Crippen molar-refractivity contribution in [2.45, 2.75) is 31.1 Å². The number of rotatable bonds is 6. The highest BCUT2D eigenvalue weighted by Gasteiger charge is 2.15. The highest BCUT2D eigenvalue weighted by molar-refractivity contribution is 7.92. The molecule has 0 unspecified atom stereocenters. The van der Waals surface area contributed by atoms with Gasteiger partial charge in [-0.05, 0) is 62.6 Å². The first kappa shape index (κ1) is 20.2. The van der Waals surface area contributed by atoms with Gasteiger partial charge >= 0.3 is 0 Å². The molecule has 156 valence electrons. The molecule has 1 aromatic heterocycles. The van der Waals surface area contributed by atoms with Gasteiger partial charge in [0.25, 0.3) is 10.0 Å². The Labute approximate surface area is 177 Å². The van der Waals surface area contributed by atoms with Crippen molar-refractivity contribution in [2.24, 2.45) is 0 Å². The molecule has 4 rings (SSSR count). The number of aromatic nitrogens is 2. The summed E-state index contributed by atoms with van der Waals surface area (Å²) in [6.45, 7) is 4.00. The van der Waals surface area contributed by atoms with Gasteiger partial charge in [0.15, 0.2) is 0 Å². The fourth-order valence-electron chi connectivity index (χ4n) is 3.46. The number of piperidine rings is 1. The average molecular weight is 424 g/mol. The van der Waals surface area contributed by atoms with Gasteiger partial charge in [-0.15, -0.1) is 0 Å². The molecule has 0 spiro atoms. The topological polar surface area (TPSA) is 87.2 Å². The molecule has 1 fully saturated rings. The third-order valence-electron chi connectivity index (χ3n) is 4.97. The SMILES string of the molecule is Cc1cc(N2CCCCC2)nc(Nc2ccc(NS(=O)(=O)c3ccccc3)cc2)n1. The number of anilines is 4. The molecule has 7 nitrogen and oxygen atoms in total. The Bertz CT molecular complexity index is 1100. The van der Waals surface area contributed by atoms with Crippen LogP contribution in [0.15, 0.2) is 65.6 Å². The van der Waals surface area contributed by atoms with E-state index in [4.69, 9.17) is 0 Å². The molecule has 0 aliphatic carbocycles. The first-order valence-corrected chi connectivity index (χ1v) is 11.5. The van der Waals surface area contributed by atoms with Gasteiger partial charge in [0.1, 0.15) is 5.82 Å². The van der Waals surface area contributed by atoms with E-state index in [0.717, 1.165) is 30.3 Å². The van der Waals surface area contributed by atoms with E-state index in [-0.39, 0.29) is 4.90 Å². The molecule has 2 N–H and O–H groups in total. The van der Waals surface area contributed by atoms with Crippen LogP contribution in [0.4, 0.5) is 23.1 Å². The minimum atomic E-state index is -3.61. The van der Waals surface area contributed by atoms with Crippen molar-refractivity contribution in [2.75, 3.05) is 28.0 Å². The predicted octanol–water partition coefficient (Wildman–Crippen LogP) is 4.32. The zero-order valence-corrected chi connectivity index (χ0v) is 17.7. The maximum Gasteiger partial charge on any atom is 0.261 e. The summed E-state index contributed by atoms with van der Waals surface area (Å²) in [6, 6.07) is 17.3. The van der Waals surface area contributed by atoms with Gasteiger partial charge in [0.05, 0.1) is 4.90 Å². The number of hydrogen-bond donors (Lipinski definition) is 2. The van der Waals surface area contributed by atoms with Crippen LogP contribution in [0.2, 0.25) is 0 Å². The third-order valence-corrected chi connectivity index (χ3v) is 6.36. The zero-order valence-electron chi connectivity index (χ0n) is 16.9. The first-order valence-electron chi connectivity index (χ1n) is 10.1. The zero-order chi connectivity index (χ0) is 21.0. The summed E-state index contributed by atoms with van der Waals surface area (Å²) in [7, 11) is -3.61. The molecule has 0 bridgehead atoms.